The number of nitroso groups, excluding NO2 is 1. The first kappa shape index (κ1) is 12.0. The Hall–Kier alpha value is -2.11. The highest BCUT2D eigenvalue weighted by atomic mass is 16.3. The van der Waals surface area contributed by atoms with Crippen LogP contribution in [0.5, 0.6) is 0 Å². The summed E-state index contributed by atoms with van der Waals surface area (Å²) in [5.41, 5.74) is 10.5. The second kappa shape index (κ2) is 5.11. The first-order valence-corrected chi connectivity index (χ1v) is 4.76. The summed E-state index contributed by atoms with van der Waals surface area (Å²) in [5.74, 6) is -0.627. The van der Waals surface area contributed by atoms with Crippen LogP contribution < -0.4 is 11.2 Å². The molecule has 0 aliphatic rings. The first-order chi connectivity index (χ1) is 7.54. The van der Waals surface area contributed by atoms with Crippen molar-refractivity contribution in [3.8, 4) is 0 Å². The van der Waals surface area contributed by atoms with E-state index in [-0.39, 0.29) is 6.54 Å². The summed E-state index contributed by atoms with van der Waals surface area (Å²) in [6, 6.07) is 5.59. The average molecular weight is 222 g/mol. The number of carbonyl (C=O) groups is 1. The lowest BCUT2D eigenvalue weighted by Crippen LogP contribution is -2.33. The van der Waals surface area contributed by atoms with E-state index in [0.717, 1.165) is 21.9 Å². The third-order valence-electron chi connectivity index (χ3n) is 2.26. The number of anilines is 1. The molecule has 0 saturated heterocycles. The highest BCUT2D eigenvalue weighted by Gasteiger charge is 2.08. The van der Waals surface area contributed by atoms with Crippen molar-refractivity contribution in [1.82, 2.24) is 5.12 Å². The standard InChI is InChI=1S/C10H14N4O2/c1-7-4-3-5-9(8(7)2)12-14(13-16)6-10(11)15/h3-5,12H,6H2,1-2H3,(H2,11,15). The maximum Gasteiger partial charge on any atom is 0.241 e. The Labute approximate surface area is 93.3 Å². The molecule has 0 radical (unpaired) electrons. The van der Waals surface area contributed by atoms with Crippen LogP contribution in [0.25, 0.3) is 0 Å². The van der Waals surface area contributed by atoms with Crippen LogP contribution in [0.1, 0.15) is 11.1 Å². The van der Waals surface area contributed by atoms with E-state index < -0.39 is 5.91 Å². The monoisotopic (exact) mass is 222 g/mol. The molecular formula is C10H14N4O2. The van der Waals surface area contributed by atoms with Gasteiger partial charge >= 0.3 is 0 Å². The quantitative estimate of drug-likeness (QED) is 0.576. The van der Waals surface area contributed by atoms with Crippen molar-refractivity contribution in [3.05, 3.63) is 34.2 Å². The molecule has 0 spiro atoms. The largest absolute Gasteiger partial charge is 0.368 e. The van der Waals surface area contributed by atoms with Crippen molar-refractivity contribution in [2.75, 3.05) is 12.0 Å². The van der Waals surface area contributed by atoms with Crippen LogP contribution in [-0.2, 0) is 4.79 Å². The van der Waals surface area contributed by atoms with Gasteiger partial charge in [-0.3, -0.25) is 10.2 Å². The zero-order valence-corrected chi connectivity index (χ0v) is 9.23. The van der Waals surface area contributed by atoms with E-state index in [1.54, 1.807) is 6.07 Å². The fourth-order valence-electron chi connectivity index (χ4n) is 1.25. The third kappa shape index (κ3) is 2.94. The number of nitrogens with one attached hydrogen (secondary N) is 1. The Bertz CT molecular complexity index is 406. The van der Waals surface area contributed by atoms with Gasteiger partial charge in [0, 0.05) is 0 Å². The van der Waals surface area contributed by atoms with Gasteiger partial charge in [-0.05, 0) is 31.0 Å². The van der Waals surface area contributed by atoms with E-state index >= 15 is 0 Å². The summed E-state index contributed by atoms with van der Waals surface area (Å²) >= 11 is 0. The number of rotatable bonds is 5. The number of nitrogens with zero attached hydrogens (tertiary/aromatic N) is 2. The zero-order valence-electron chi connectivity index (χ0n) is 9.23. The molecular weight excluding hydrogens is 208 g/mol. The minimum Gasteiger partial charge on any atom is -0.368 e. The number of hydrogen-bond donors (Lipinski definition) is 2. The van der Waals surface area contributed by atoms with Gasteiger partial charge in [0.05, 0.1) is 11.0 Å². The highest BCUT2D eigenvalue weighted by molar-refractivity contribution is 5.76. The molecule has 0 aliphatic carbocycles. The van der Waals surface area contributed by atoms with Crippen molar-refractivity contribution in [2.24, 2.45) is 11.0 Å². The van der Waals surface area contributed by atoms with E-state index in [2.05, 4.69) is 10.7 Å². The Kier molecular flexibility index (Phi) is 3.82. The summed E-state index contributed by atoms with van der Waals surface area (Å²) in [5, 5.41) is 3.53. The van der Waals surface area contributed by atoms with E-state index in [1.165, 1.54) is 0 Å². The number of aryl methyl sites for hydroxylation is 1. The molecule has 0 saturated carbocycles. The van der Waals surface area contributed by atoms with Crippen LogP contribution in [0.3, 0.4) is 0 Å². The first-order valence-electron chi connectivity index (χ1n) is 4.76. The summed E-state index contributed by atoms with van der Waals surface area (Å²) < 4.78 is 0. The molecule has 1 rings (SSSR count). The number of amides is 1. The molecule has 0 heterocycles. The van der Waals surface area contributed by atoms with Gasteiger partial charge in [-0.25, -0.2) is 0 Å². The van der Waals surface area contributed by atoms with Gasteiger partial charge in [0.15, 0.2) is 0 Å². The summed E-state index contributed by atoms with van der Waals surface area (Å²) in [4.78, 5) is 21.1. The van der Waals surface area contributed by atoms with Crippen LogP contribution >= 0.6 is 0 Å². The average Bonchev–Trinajstić information content (AvgIpc) is 2.23. The van der Waals surface area contributed by atoms with E-state index in [9.17, 15) is 9.70 Å². The molecule has 86 valence electrons. The number of primary amides is 1. The van der Waals surface area contributed by atoms with Gasteiger partial charge < -0.3 is 5.73 Å². The summed E-state index contributed by atoms with van der Waals surface area (Å²) in [6.45, 7) is 3.59. The fourth-order valence-corrected chi connectivity index (χ4v) is 1.25. The van der Waals surface area contributed by atoms with Crippen LogP contribution in [0, 0.1) is 18.8 Å². The SMILES string of the molecule is Cc1cccc(NN(CC(N)=O)N=O)c1C. The van der Waals surface area contributed by atoms with Crippen LogP contribution in [0.15, 0.2) is 23.5 Å². The van der Waals surface area contributed by atoms with Gasteiger partial charge in [0.2, 0.25) is 5.91 Å². The molecule has 6 nitrogen and oxygen atoms in total. The number of nitrogens with two attached hydrogens (primary N) is 1. The molecule has 1 amide bonds. The van der Waals surface area contributed by atoms with Gasteiger partial charge in [0.25, 0.3) is 0 Å². The Morgan fingerprint density at radius 1 is 1.50 bits per heavy atom. The molecule has 1 aromatic rings. The van der Waals surface area contributed by atoms with Crippen molar-refractivity contribution >= 4 is 11.6 Å². The zero-order chi connectivity index (χ0) is 12.1. The van der Waals surface area contributed by atoms with Crippen LogP contribution in [-0.4, -0.2) is 17.6 Å². The predicted octanol–water partition coefficient (Wildman–Crippen LogP) is 1.10. The highest BCUT2D eigenvalue weighted by Crippen LogP contribution is 2.18. The molecule has 16 heavy (non-hydrogen) atoms. The molecule has 0 aliphatic heterocycles. The molecule has 0 unspecified atom stereocenters. The van der Waals surface area contributed by atoms with Gasteiger partial charge in [-0.1, -0.05) is 12.1 Å². The van der Waals surface area contributed by atoms with Crippen molar-refractivity contribution in [3.63, 3.8) is 0 Å². The number of hydrogen-bond acceptors (Lipinski definition) is 4. The second-order valence-corrected chi connectivity index (χ2v) is 3.46. The van der Waals surface area contributed by atoms with E-state index in [4.69, 9.17) is 5.73 Å². The minimum absolute atomic E-state index is 0.267. The molecule has 6 heteroatoms. The summed E-state index contributed by atoms with van der Waals surface area (Å²) in [7, 11) is 0. The van der Waals surface area contributed by atoms with E-state index in [1.807, 2.05) is 26.0 Å². The minimum atomic E-state index is -0.627. The number of benzene rings is 1. The topological polar surface area (TPSA) is 87.8 Å². The number of carbonyl (C=O) groups excluding carboxylic acids is 1. The fraction of sp³-hybridized carbons (Fsp3) is 0.300. The Morgan fingerprint density at radius 3 is 2.75 bits per heavy atom. The van der Waals surface area contributed by atoms with Crippen LogP contribution in [0.4, 0.5) is 5.69 Å². The molecule has 1 aromatic carbocycles. The van der Waals surface area contributed by atoms with Crippen LogP contribution in [0.2, 0.25) is 0 Å². The lowest BCUT2D eigenvalue weighted by atomic mass is 10.1. The molecule has 3 N–H and O–H groups in total. The van der Waals surface area contributed by atoms with Gasteiger partial charge in [-0.2, -0.15) is 5.12 Å². The third-order valence-corrected chi connectivity index (χ3v) is 2.26. The Morgan fingerprint density at radius 2 is 2.19 bits per heavy atom. The predicted molar refractivity (Wildman–Crippen MR) is 61.2 cm³/mol. The normalized spacial score (nSPS) is 9.62. The molecule has 0 aromatic heterocycles. The van der Waals surface area contributed by atoms with Gasteiger partial charge in [0.1, 0.15) is 6.54 Å². The number of hydrazine groups is 1. The molecule has 0 atom stereocenters. The summed E-state index contributed by atoms with van der Waals surface area (Å²) in [6.07, 6.45) is 0. The molecule has 0 bridgehead atoms. The maximum atomic E-state index is 10.7. The second-order valence-electron chi connectivity index (χ2n) is 3.46. The maximum absolute atomic E-state index is 10.7. The van der Waals surface area contributed by atoms with Crippen molar-refractivity contribution in [1.29, 1.82) is 0 Å². The van der Waals surface area contributed by atoms with Crippen molar-refractivity contribution in [2.45, 2.75) is 13.8 Å². The smallest absolute Gasteiger partial charge is 0.241 e. The molecule has 0 fully saturated rings. The van der Waals surface area contributed by atoms with Crippen molar-refractivity contribution < 1.29 is 4.79 Å². The lowest BCUT2D eigenvalue weighted by molar-refractivity contribution is -0.118. The van der Waals surface area contributed by atoms with Gasteiger partial charge in [-0.15, -0.1) is 4.91 Å². The lowest BCUT2D eigenvalue weighted by Gasteiger charge is -2.18. The van der Waals surface area contributed by atoms with E-state index in [0.29, 0.717) is 0 Å². The Balaban J connectivity index is 2.81.